The van der Waals surface area contributed by atoms with Crippen molar-refractivity contribution < 1.29 is 9.72 Å². The standard InChI is InChI=1S/C14H18BrN3O3/c15-12-6-11(7-13(8-12)18(20)21)14(19)17-5-3-10-2-1-4-16-9-10/h6-8,10,16H,1-5,9H2,(H,17,19). The minimum absolute atomic E-state index is 0.0917. The van der Waals surface area contributed by atoms with Crippen molar-refractivity contribution in [1.29, 1.82) is 0 Å². The summed E-state index contributed by atoms with van der Waals surface area (Å²) in [5, 5.41) is 17.0. The van der Waals surface area contributed by atoms with Crippen molar-refractivity contribution in [1.82, 2.24) is 10.6 Å². The predicted octanol–water partition coefficient (Wildman–Crippen LogP) is 2.48. The van der Waals surface area contributed by atoms with Crippen molar-refractivity contribution in [2.24, 2.45) is 5.92 Å². The van der Waals surface area contributed by atoms with Gasteiger partial charge in [0.15, 0.2) is 0 Å². The van der Waals surface area contributed by atoms with Crippen molar-refractivity contribution in [3.05, 3.63) is 38.3 Å². The Morgan fingerprint density at radius 3 is 2.95 bits per heavy atom. The number of rotatable bonds is 5. The molecule has 6 nitrogen and oxygen atoms in total. The van der Waals surface area contributed by atoms with Crippen LogP contribution in [-0.2, 0) is 0 Å². The molecule has 1 saturated heterocycles. The molecule has 1 unspecified atom stereocenters. The van der Waals surface area contributed by atoms with Gasteiger partial charge in [-0.05, 0) is 44.3 Å². The lowest BCUT2D eigenvalue weighted by Gasteiger charge is -2.22. The van der Waals surface area contributed by atoms with Gasteiger partial charge in [0, 0.05) is 28.7 Å². The molecule has 1 amide bonds. The van der Waals surface area contributed by atoms with E-state index in [1.807, 2.05) is 0 Å². The van der Waals surface area contributed by atoms with E-state index in [1.54, 1.807) is 6.07 Å². The quantitative estimate of drug-likeness (QED) is 0.627. The van der Waals surface area contributed by atoms with E-state index in [-0.39, 0.29) is 11.6 Å². The fraction of sp³-hybridized carbons (Fsp3) is 0.500. The molecule has 0 bridgehead atoms. The lowest BCUT2D eigenvalue weighted by molar-refractivity contribution is -0.385. The third kappa shape index (κ3) is 4.78. The summed E-state index contributed by atoms with van der Waals surface area (Å²) in [6.45, 7) is 2.66. The number of non-ortho nitro benzene ring substituents is 1. The van der Waals surface area contributed by atoms with Crippen LogP contribution in [0.3, 0.4) is 0 Å². The summed E-state index contributed by atoms with van der Waals surface area (Å²) in [7, 11) is 0. The summed E-state index contributed by atoms with van der Waals surface area (Å²) in [5.74, 6) is 0.319. The summed E-state index contributed by atoms with van der Waals surface area (Å²) in [6.07, 6.45) is 3.29. The summed E-state index contributed by atoms with van der Waals surface area (Å²) in [4.78, 5) is 22.3. The zero-order valence-electron chi connectivity index (χ0n) is 11.6. The molecule has 1 fully saturated rings. The Balaban J connectivity index is 1.89. The second-order valence-corrected chi connectivity index (χ2v) is 6.13. The molecular weight excluding hydrogens is 338 g/mol. The number of amides is 1. The zero-order valence-corrected chi connectivity index (χ0v) is 13.2. The maximum absolute atomic E-state index is 12.0. The summed E-state index contributed by atoms with van der Waals surface area (Å²) < 4.78 is 0.526. The number of carbonyl (C=O) groups is 1. The number of nitro benzene ring substituents is 1. The SMILES string of the molecule is O=C(NCCC1CCCNC1)c1cc(Br)cc([N+](=O)[O-])c1. The molecule has 1 aliphatic rings. The van der Waals surface area contributed by atoms with E-state index in [0.29, 0.717) is 22.5 Å². The van der Waals surface area contributed by atoms with Crippen LogP contribution < -0.4 is 10.6 Å². The number of hydrogen-bond donors (Lipinski definition) is 2. The molecule has 1 aromatic rings. The highest BCUT2D eigenvalue weighted by Crippen LogP contribution is 2.21. The van der Waals surface area contributed by atoms with Crippen LogP contribution in [-0.4, -0.2) is 30.5 Å². The lowest BCUT2D eigenvalue weighted by atomic mass is 9.96. The molecule has 1 aromatic carbocycles. The first-order chi connectivity index (χ1) is 10.1. The molecule has 0 spiro atoms. The van der Waals surface area contributed by atoms with Crippen LogP contribution >= 0.6 is 15.9 Å². The van der Waals surface area contributed by atoms with Crippen molar-refractivity contribution in [3.8, 4) is 0 Å². The number of hydrogen-bond acceptors (Lipinski definition) is 4. The van der Waals surface area contributed by atoms with E-state index in [4.69, 9.17) is 0 Å². The van der Waals surface area contributed by atoms with Crippen LogP contribution in [0.2, 0.25) is 0 Å². The van der Waals surface area contributed by atoms with Crippen LogP contribution in [0.1, 0.15) is 29.6 Å². The Morgan fingerprint density at radius 2 is 2.29 bits per heavy atom. The molecule has 1 atom stereocenters. The maximum atomic E-state index is 12.0. The van der Waals surface area contributed by atoms with Crippen molar-refractivity contribution in [2.75, 3.05) is 19.6 Å². The summed E-state index contributed by atoms with van der Waals surface area (Å²) in [6, 6.07) is 4.26. The Hall–Kier alpha value is -1.47. The Labute approximate surface area is 131 Å². The molecule has 1 aliphatic heterocycles. The van der Waals surface area contributed by atoms with Gasteiger partial charge >= 0.3 is 0 Å². The van der Waals surface area contributed by atoms with Crippen molar-refractivity contribution in [3.63, 3.8) is 0 Å². The predicted molar refractivity (Wildman–Crippen MR) is 83.3 cm³/mol. The fourth-order valence-electron chi connectivity index (χ4n) is 2.47. The number of nitro groups is 1. The minimum Gasteiger partial charge on any atom is -0.352 e. The van der Waals surface area contributed by atoms with Gasteiger partial charge in [0.05, 0.1) is 4.92 Å². The van der Waals surface area contributed by atoms with E-state index in [1.165, 1.54) is 25.0 Å². The highest BCUT2D eigenvalue weighted by Gasteiger charge is 2.15. The van der Waals surface area contributed by atoms with E-state index in [9.17, 15) is 14.9 Å². The minimum atomic E-state index is -0.505. The molecule has 2 N–H and O–H groups in total. The molecule has 0 aromatic heterocycles. The number of halogens is 1. The van der Waals surface area contributed by atoms with Crippen LogP contribution in [0, 0.1) is 16.0 Å². The highest BCUT2D eigenvalue weighted by atomic mass is 79.9. The molecular formula is C14H18BrN3O3. The number of piperidine rings is 1. The first kappa shape index (κ1) is 15.9. The average Bonchev–Trinajstić information content (AvgIpc) is 2.47. The number of benzene rings is 1. The molecule has 1 heterocycles. The van der Waals surface area contributed by atoms with Gasteiger partial charge in [-0.3, -0.25) is 14.9 Å². The van der Waals surface area contributed by atoms with Gasteiger partial charge in [0.1, 0.15) is 0 Å². The lowest BCUT2D eigenvalue weighted by Crippen LogP contribution is -2.33. The van der Waals surface area contributed by atoms with E-state index >= 15 is 0 Å². The van der Waals surface area contributed by atoms with Crippen molar-refractivity contribution in [2.45, 2.75) is 19.3 Å². The molecule has 21 heavy (non-hydrogen) atoms. The summed E-state index contributed by atoms with van der Waals surface area (Å²) in [5.41, 5.74) is 0.212. The largest absolute Gasteiger partial charge is 0.352 e. The Morgan fingerprint density at radius 1 is 1.48 bits per heavy atom. The third-order valence-electron chi connectivity index (χ3n) is 3.59. The van der Waals surface area contributed by atoms with Gasteiger partial charge in [0.25, 0.3) is 11.6 Å². The molecule has 2 rings (SSSR count). The van der Waals surface area contributed by atoms with Crippen LogP contribution in [0.15, 0.2) is 22.7 Å². The molecule has 7 heteroatoms. The molecule has 0 aliphatic carbocycles. The Kier molecular flexibility index (Phi) is 5.69. The number of carbonyl (C=O) groups excluding carboxylic acids is 1. The fourth-order valence-corrected chi connectivity index (χ4v) is 2.95. The van der Waals surface area contributed by atoms with Crippen LogP contribution in [0.4, 0.5) is 5.69 Å². The van der Waals surface area contributed by atoms with Gasteiger partial charge in [-0.1, -0.05) is 15.9 Å². The van der Waals surface area contributed by atoms with E-state index in [2.05, 4.69) is 26.6 Å². The monoisotopic (exact) mass is 355 g/mol. The second kappa shape index (κ2) is 7.51. The smallest absolute Gasteiger partial charge is 0.271 e. The Bertz CT molecular complexity index is 530. The average molecular weight is 356 g/mol. The maximum Gasteiger partial charge on any atom is 0.271 e. The van der Waals surface area contributed by atoms with Gasteiger partial charge in [-0.2, -0.15) is 0 Å². The first-order valence-corrected chi connectivity index (χ1v) is 7.79. The molecule has 0 saturated carbocycles. The van der Waals surface area contributed by atoms with Crippen molar-refractivity contribution >= 4 is 27.5 Å². The molecule has 114 valence electrons. The van der Waals surface area contributed by atoms with E-state index < -0.39 is 4.92 Å². The normalized spacial score (nSPS) is 18.2. The van der Waals surface area contributed by atoms with Gasteiger partial charge in [-0.15, -0.1) is 0 Å². The number of nitrogens with one attached hydrogen (secondary N) is 2. The first-order valence-electron chi connectivity index (χ1n) is 7.00. The highest BCUT2D eigenvalue weighted by molar-refractivity contribution is 9.10. The van der Waals surface area contributed by atoms with Gasteiger partial charge in [-0.25, -0.2) is 0 Å². The number of nitrogens with zero attached hydrogens (tertiary/aromatic N) is 1. The topological polar surface area (TPSA) is 84.3 Å². The summed E-state index contributed by atoms with van der Waals surface area (Å²) >= 11 is 3.19. The second-order valence-electron chi connectivity index (χ2n) is 5.21. The third-order valence-corrected chi connectivity index (χ3v) is 4.05. The zero-order chi connectivity index (χ0) is 15.2. The van der Waals surface area contributed by atoms with Gasteiger partial charge < -0.3 is 10.6 Å². The molecule has 0 radical (unpaired) electrons. The van der Waals surface area contributed by atoms with E-state index in [0.717, 1.165) is 19.5 Å². The van der Waals surface area contributed by atoms with Crippen LogP contribution in [0.25, 0.3) is 0 Å². The van der Waals surface area contributed by atoms with Crippen LogP contribution in [0.5, 0.6) is 0 Å². The van der Waals surface area contributed by atoms with Gasteiger partial charge in [0.2, 0.25) is 0 Å².